The predicted octanol–water partition coefficient (Wildman–Crippen LogP) is 5.95. The number of ether oxygens (including phenoxy) is 3. The van der Waals surface area contributed by atoms with Crippen LogP contribution in [-0.4, -0.2) is 51.6 Å². The lowest BCUT2D eigenvalue weighted by Crippen LogP contribution is -2.14. The third-order valence-corrected chi connectivity index (χ3v) is 7.05. The van der Waals surface area contributed by atoms with Crippen molar-refractivity contribution in [2.75, 3.05) is 25.8 Å². The SMILES string of the molecule is COc1ccc(C=Nc2c(O)ccc3ccccc23)cc1OCNc1c(OCC(=O)O)ccc2cc(S(=O)O)ccc12. The molecule has 10 nitrogen and oxygen atoms in total. The fourth-order valence-electron chi connectivity index (χ4n) is 4.43. The van der Waals surface area contributed by atoms with Crippen LogP contribution in [0.15, 0.2) is 94.8 Å². The zero-order valence-corrected chi connectivity index (χ0v) is 23.1. The zero-order chi connectivity index (χ0) is 29.6. The summed E-state index contributed by atoms with van der Waals surface area (Å²) in [5.41, 5.74) is 1.59. The minimum absolute atomic E-state index is 0.0582. The number of benzene rings is 5. The highest BCUT2D eigenvalue weighted by Crippen LogP contribution is 2.36. The van der Waals surface area contributed by atoms with Gasteiger partial charge in [0.1, 0.15) is 17.2 Å². The minimum Gasteiger partial charge on any atom is -0.506 e. The summed E-state index contributed by atoms with van der Waals surface area (Å²) in [7, 11) is 1.52. The van der Waals surface area contributed by atoms with E-state index in [1.54, 1.807) is 54.7 Å². The molecule has 0 radical (unpaired) electrons. The fourth-order valence-corrected chi connectivity index (χ4v) is 4.84. The topological polar surface area (TPSA) is 147 Å². The molecule has 0 spiro atoms. The highest BCUT2D eigenvalue weighted by molar-refractivity contribution is 7.79. The number of fused-ring (bicyclic) bond motifs is 2. The van der Waals surface area contributed by atoms with Gasteiger partial charge < -0.3 is 34.3 Å². The number of carbonyl (C=O) groups is 1. The molecule has 0 aliphatic carbocycles. The van der Waals surface area contributed by atoms with Crippen LogP contribution in [0.3, 0.4) is 0 Å². The van der Waals surface area contributed by atoms with Crippen molar-refractivity contribution in [3.63, 3.8) is 0 Å². The standard InChI is InChI=1S/C31H26N2O8S/c1-39-26-12-6-19(16-32-30-23-5-3-2-4-20(23)7-11-25(30)34)14-28(26)41-18-33-31-24-10-9-22(42(37)38)15-21(24)8-13-27(31)40-17-29(35)36/h2-16,33-34H,17-18H2,1H3,(H,35,36)(H,37,38). The van der Waals surface area contributed by atoms with E-state index in [2.05, 4.69) is 10.3 Å². The van der Waals surface area contributed by atoms with Crippen LogP contribution in [0.2, 0.25) is 0 Å². The van der Waals surface area contributed by atoms with Crippen LogP contribution in [0.4, 0.5) is 11.4 Å². The second-order valence-corrected chi connectivity index (χ2v) is 10.0. The molecule has 42 heavy (non-hydrogen) atoms. The van der Waals surface area contributed by atoms with Crippen molar-refractivity contribution in [2.45, 2.75) is 4.90 Å². The minimum atomic E-state index is -2.16. The number of hydrogen-bond donors (Lipinski definition) is 4. The number of aromatic hydroxyl groups is 1. The Bertz CT molecular complexity index is 1840. The zero-order valence-electron chi connectivity index (χ0n) is 22.3. The molecule has 0 amide bonds. The van der Waals surface area contributed by atoms with Crippen LogP contribution < -0.4 is 19.5 Å². The van der Waals surface area contributed by atoms with Crippen LogP contribution in [0.1, 0.15) is 5.56 Å². The number of nitrogens with one attached hydrogen (secondary N) is 1. The van der Waals surface area contributed by atoms with Gasteiger partial charge in [-0.3, -0.25) is 4.99 Å². The van der Waals surface area contributed by atoms with E-state index in [4.69, 9.17) is 19.3 Å². The summed E-state index contributed by atoms with van der Waals surface area (Å²) in [6.45, 7) is -0.613. The fraction of sp³-hybridized carbons (Fsp3) is 0.0968. The Balaban J connectivity index is 1.40. The van der Waals surface area contributed by atoms with Gasteiger partial charge in [-0.15, -0.1) is 0 Å². The number of methoxy groups -OCH3 is 1. The first-order valence-corrected chi connectivity index (χ1v) is 13.8. The van der Waals surface area contributed by atoms with Crippen molar-refractivity contribution in [3.8, 4) is 23.0 Å². The molecule has 5 rings (SSSR count). The number of rotatable bonds is 11. The van der Waals surface area contributed by atoms with E-state index in [0.29, 0.717) is 39.2 Å². The maximum absolute atomic E-state index is 11.5. The monoisotopic (exact) mass is 586 g/mol. The Hall–Kier alpha value is -5.13. The van der Waals surface area contributed by atoms with Crippen LogP contribution in [0.5, 0.6) is 23.0 Å². The molecule has 214 valence electrons. The van der Waals surface area contributed by atoms with E-state index in [1.807, 2.05) is 30.3 Å². The van der Waals surface area contributed by atoms with Gasteiger partial charge in [0.25, 0.3) is 0 Å². The van der Waals surface area contributed by atoms with Gasteiger partial charge in [-0.2, -0.15) is 0 Å². The number of anilines is 1. The van der Waals surface area contributed by atoms with Crippen LogP contribution >= 0.6 is 0 Å². The number of aliphatic imine (C=N–C) groups is 1. The van der Waals surface area contributed by atoms with E-state index in [0.717, 1.165) is 10.8 Å². The van der Waals surface area contributed by atoms with E-state index >= 15 is 0 Å². The van der Waals surface area contributed by atoms with Gasteiger partial charge in [0, 0.05) is 17.0 Å². The van der Waals surface area contributed by atoms with Crippen LogP contribution in [-0.2, 0) is 15.9 Å². The normalized spacial score (nSPS) is 12.0. The molecule has 5 aromatic rings. The van der Waals surface area contributed by atoms with Crippen molar-refractivity contribution in [2.24, 2.45) is 4.99 Å². The van der Waals surface area contributed by atoms with Gasteiger partial charge in [-0.05, 0) is 58.8 Å². The molecular weight excluding hydrogens is 560 g/mol. The van der Waals surface area contributed by atoms with Crippen molar-refractivity contribution in [1.29, 1.82) is 0 Å². The summed E-state index contributed by atoms with van der Waals surface area (Å²) >= 11 is -2.16. The van der Waals surface area contributed by atoms with Gasteiger partial charge >= 0.3 is 5.97 Å². The lowest BCUT2D eigenvalue weighted by atomic mass is 10.1. The Morgan fingerprint density at radius 2 is 1.69 bits per heavy atom. The molecule has 1 unspecified atom stereocenters. The van der Waals surface area contributed by atoms with E-state index in [1.165, 1.54) is 13.2 Å². The quantitative estimate of drug-likeness (QED) is 0.0837. The van der Waals surface area contributed by atoms with Gasteiger partial charge in [0.05, 0.1) is 17.7 Å². The maximum atomic E-state index is 11.5. The summed E-state index contributed by atoms with van der Waals surface area (Å²) in [6, 6.07) is 24.3. The average molecular weight is 587 g/mol. The second-order valence-electron chi connectivity index (χ2n) is 9.04. The molecule has 0 aliphatic heterocycles. The average Bonchev–Trinajstić information content (AvgIpc) is 2.99. The van der Waals surface area contributed by atoms with E-state index in [9.17, 15) is 18.7 Å². The molecule has 0 aliphatic rings. The molecule has 11 heteroatoms. The lowest BCUT2D eigenvalue weighted by Gasteiger charge is -2.17. The summed E-state index contributed by atoms with van der Waals surface area (Å²) in [4.78, 5) is 15.9. The summed E-state index contributed by atoms with van der Waals surface area (Å²) < 4.78 is 37.9. The molecule has 0 saturated carbocycles. The number of carboxylic acids is 1. The molecule has 5 aromatic carbocycles. The molecule has 4 N–H and O–H groups in total. The molecule has 0 fully saturated rings. The predicted molar refractivity (Wildman–Crippen MR) is 161 cm³/mol. The third kappa shape index (κ3) is 6.27. The lowest BCUT2D eigenvalue weighted by molar-refractivity contribution is -0.139. The number of aliphatic carboxylic acids is 1. The Labute approximate surface area is 243 Å². The third-order valence-electron chi connectivity index (χ3n) is 6.39. The van der Waals surface area contributed by atoms with Crippen molar-refractivity contribution in [3.05, 3.63) is 90.5 Å². The maximum Gasteiger partial charge on any atom is 0.341 e. The number of hydrogen-bond acceptors (Lipinski definition) is 8. The molecule has 0 bridgehead atoms. The smallest absolute Gasteiger partial charge is 0.341 e. The van der Waals surface area contributed by atoms with Crippen molar-refractivity contribution < 1.29 is 38.0 Å². The molecule has 0 saturated heterocycles. The summed E-state index contributed by atoms with van der Waals surface area (Å²) in [5.74, 6) is 0.0737. The molecule has 0 aromatic heterocycles. The molecule has 1 atom stereocenters. The molecule has 0 heterocycles. The first-order chi connectivity index (χ1) is 20.3. The van der Waals surface area contributed by atoms with Gasteiger partial charge in [-0.1, -0.05) is 42.5 Å². The molecular formula is C31H26N2O8S. The highest BCUT2D eigenvalue weighted by atomic mass is 32.2. The van der Waals surface area contributed by atoms with Gasteiger partial charge in [0.15, 0.2) is 35.9 Å². The van der Waals surface area contributed by atoms with E-state index in [-0.39, 0.29) is 23.1 Å². The van der Waals surface area contributed by atoms with Crippen LogP contribution in [0, 0.1) is 0 Å². The Morgan fingerprint density at radius 3 is 2.48 bits per heavy atom. The summed E-state index contributed by atoms with van der Waals surface area (Å²) in [6.07, 6.45) is 1.62. The Morgan fingerprint density at radius 1 is 0.905 bits per heavy atom. The van der Waals surface area contributed by atoms with Gasteiger partial charge in [0.2, 0.25) is 0 Å². The second kappa shape index (κ2) is 12.6. The number of phenolic OH excluding ortho intramolecular Hbond substituents is 1. The van der Waals surface area contributed by atoms with Gasteiger partial charge in [-0.25, -0.2) is 9.00 Å². The van der Waals surface area contributed by atoms with Crippen molar-refractivity contribution in [1.82, 2.24) is 0 Å². The first-order valence-electron chi connectivity index (χ1n) is 12.7. The Kier molecular flexibility index (Phi) is 8.51. The number of carboxylic acid groups (broad SMARTS) is 1. The number of nitrogens with zero attached hydrogens (tertiary/aromatic N) is 1. The van der Waals surface area contributed by atoms with E-state index < -0.39 is 23.7 Å². The summed E-state index contributed by atoms with van der Waals surface area (Å²) in [5, 5.41) is 25.7. The highest BCUT2D eigenvalue weighted by Gasteiger charge is 2.14. The largest absolute Gasteiger partial charge is 0.506 e. The number of phenols is 1. The van der Waals surface area contributed by atoms with Crippen LogP contribution in [0.25, 0.3) is 21.5 Å². The first kappa shape index (κ1) is 28.4. The van der Waals surface area contributed by atoms with Crippen molar-refractivity contribution >= 4 is 56.2 Å².